The summed E-state index contributed by atoms with van der Waals surface area (Å²) in [7, 11) is 0. The Bertz CT molecular complexity index is 2030. The van der Waals surface area contributed by atoms with Gasteiger partial charge < -0.3 is 41.4 Å². The van der Waals surface area contributed by atoms with E-state index in [1.807, 2.05) is 54.6 Å². The van der Waals surface area contributed by atoms with Crippen molar-refractivity contribution in [3.05, 3.63) is 70.2 Å². The fraction of sp³-hybridized carbons (Fsp3) is 0.612. The van der Waals surface area contributed by atoms with E-state index in [-0.39, 0.29) is 42.7 Å². The van der Waals surface area contributed by atoms with Gasteiger partial charge in [-0.25, -0.2) is 9.59 Å². The second kappa shape index (κ2) is 22.0. The molecule has 6 amide bonds. The maximum atomic E-state index is 14.2. The van der Waals surface area contributed by atoms with E-state index in [1.54, 1.807) is 34.6 Å². The molecule has 6 N–H and O–H groups in total. The normalized spacial score (nSPS) is 25.8. The minimum Gasteiger partial charge on any atom is -0.459 e. The van der Waals surface area contributed by atoms with Crippen LogP contribution in [-0.4, -0.2) is 82.9 Å². The molecule has 2 aromatic carbocycles. The molecule has 0 aliphatic heterocycles. The maximum Gasteiger partial charge on any atom is 0.407 e. The minimum atomic E-state index is -1.30. The van der Waals surface area contributed by atoms with Gasteiger partial charge >= 0.3 is 12.1 Å². The zero-order chi connectivity index (χ0) is 46.9. The molecule has 65 heavy (non-hydrogen) atoms. The average molecular weight is 964 g/mol. The Balaban J connectivity index is 1.04. The molecule has 0 bridgehead atoms. The molecular formula is C49H67BrN6O9. The summed E-state index contributed by atoms with van der Waals surface area (Å²) in [6, 6.07) is 14.1. The summed E-state index contributed by atoms with van der Waals surface area (Å²) in [6.07, 6.45) is 7.26. The third-order valence-electron chi connectivity index (χ3n) is 13.2. The molecule has 15 nitrogen and oxygen atoms in total. The van der Waals surface area contributed by atoms with Crippen molar-refractivity contribution in [2.45, 2.75) is 166 Å². The van der Waals surface area contributed by atoms with Crippen LogP contribution in [0.15, 0.2) is 59.1 Å². The molecule has 0 spiro atoms. The van der Waals surface area contributed by atoms with Crippen LogP contribution < -0.4 is 31.9 Å². The van der Waals surface area contributed by atoms with Crippen LogP contribution in [0.25, 0.3) is 0 Å². The smallest absolute Gasteiger partial charge is 0.407 e. The third-order valence-corrected chi connectivity index (χ3v) is 13.8. The highest BCUT2D eigenvalue weighted by Crippen LogP contribution is 2.32. The Morgan fingerprint density at radius 2 is 1.06 bits per heavy atom. The van der Waals surface area contributed by atoms with Gasteiger partial charge in [0, 0.05) is 35.1 Å². The molecule has 9 atom stereocenters. The van der Waals surface area contributed by atoms with Gasteiger partial charge in [0.1, 0.15) is 23.8 Å². The first kappa shape index (κ1) is 49.4. The fourth-order valence-electron chi connectivity index (χ4n) is 9.81. The highest BCUT2D eigenvalue weighted by atomic mass is 79.9. The van der Waals surface area contributed by atoms with Crippen LogP contribution in [-0.2, 0) is 51.3 Å². The third kappa shape index (κ3) is 13.8. The van der Waals surface area contributed by atoms with Gasteiger partial charge in [0.15, 0.2) is 0 Å². The molecule has 6 rings (SSSR count). The first-order valence-corrected chi connectivity index (χ1v) is 24.1. The van der Waals surface area contributed by atoms with Crippen LogP contribution in [0.2, 0.25) is 0 Å². The Kier molecular flexibility index (Phi) is 16.7. The van der Waals surface area contributed by atoms with E-state index in [1.165, 1.54) is 0 Å². The zero-order valence-electron chi connectivity index (χ0n) is 38.3. The van der Waals surface area contributed by atoms with Crippen molar-refractivity contribution in [3.8, 4) is 0 Å². The Morgan fingerprint density at radius 1 is 0.585 bits per heavy atom. The number of amides is 6. The number of hydrogen-bond acceptors (Lipinski definition) is 9. The average Bonchev–Trinajstić information content (AvgIpc) is 4.08. The molecule has 4 fully saturated rings. The minimum absolute atomic E-state index is 0.0620. The van der Waals surface area contributed by atoms with Crippen molar-refractivity contribution in [1.82, 2.24) is 31.9 Å². The van der Waals surface area contributed by atoms with Gasteiger partial charge in [0.05, 0.1) is 23.7 Å². The molecule has 2 aromatic rings. The summed E-state index contributed by atoms with van der Waals surface area (Å²) in [5, 5.41) is 18.1. The number of ether oxygens (including phenoxy) is 2. The van der Waals surface area contributed by atoms with Gasteiger partial charge in [-0.1, -0.05) is 84.1 Å². The van der Waals surface area contributed by atoms with E-state index in [9.17, 15) is 33.6 Å². The van der Waals surface area contributed by atoms with Crippen LogP contribution in [0, 0.1) is 23.7 Å². The molecule has 0 unspecified atom stereocenters. The highest BCUT2D eigenvalue weighted by molar-refractivity contribution is 9.10. The summed E-state index contributed by atoms with van der Waals surface area (Å²) in [5.74, 6) is -4.19. The quantitative estimate of drug-likeness (QED) is 0.115. The van der Waals surface area contributed by atoms with Crippen LogP contribution in [0.5, 0.6) is 0 Å². The van der Waals surface area contributed by atoms with E-state index < -0.39 is 76.9 Å². The molecule has 4 aliphatic rings. The van der Waals surface area contributed by atoms with Gasteiger partial charge in [-0.05, 0) is 109 Å². The van der Waals surface area contributed by atoms with Gasteiger partial charge in [0.25, 0.3) is 0 Å². The van der Waals surface area contributed by atoms with Crippen LogP contribution >= 0.6 is 15.9 Å². The summed E-state index contributed by atoms with van der Waals surface area (Å²) in [6.45, 7) is 8.61. The highest BCUT2D eigenvalue weighted by Gasteiger charge is 2.43. The SMILES string of the molecule is CC(C)(C)OC(=O)N[C@H]1CCC[C@@H]1C(=O)N[C@H]1CCC[C@@H]1C(=O)N[C@@H](Cc1ccccc1)C(=O)N[C@H]1CCC[C@@H]1C(=O)N[C@H]1CCC[C@@H]1C(=O)NC(C)(C)C(=O)OCc1ccc(Br)cc1. The monoisotopic (exact) mass is 962 g/mol. The number of carbonyl (C=O) groups is 7. The van der Waals surface area contributed by atoms with Crippen molar-refractivity contribution < 1.29 is 43.0 Å². The molecule has 0 heterocycles. The molecule has 4 aliphatic carbocycles. The number of benzene rings is 2. The Morgan fingerprint density at radius 3 is 1.58 bits per heavy atom. The number of nitrogens with one attached hydrogen (secondary N) is 6. The molecule has 4 saturated carbocycles. The van der Waals surface area contributed by atoms with Crippen molar-refractivity contribution in [2.75, 3.05) is 0 Å². The summed E-state index contributed by atoms with van der Waals surface area (Å²) in [4.78, 5) is 95.1. The number of hydrogen-bond donors (Lipinski definition) is 6. The lowest BCUT2D eigenvalue weighted by Gasteiger charge is -2.30. The summed E-state index contributed by atoms with van der Waals surface area (Å²) in [5.41, 5.74) is -0.313. The zero-order valence-corrected chi connectivity index (χ0v) is 39.9. The number of rotatable bonds is 16. The van der Waals surface area contributed by atoms with E-state index in [2.05, 4.69) is 47.8 Å². The largest absolute Gasteiger partial charge is 0.459 e. The topological polar surface area (TPSA) is 210 Å². The predicted molar refractivity (Wildman–Crippen MR) is 247 cm³/mol. The second-order valence-corrected chi connectivity index (χ2v) is 20.7. The molecule has 0 radical (unpaired) electrons. The number of halogens is 1. The van der Waals surface area contributed by atoms with E-state index >= 15 is 0 Å². The molecule has 16 heteroatoms. The molecule has 354 valence electrons. The molecule has 0 saturated heterocycles. The molecule has 0 aromatic heterocycles. The lowest BCUT2D eigenvalue weighted by Crippen LogP contribution is -2.56. The second-order valence-electron chi connectivity index (χ2n) is 19.8. The van der Waals surface area contributed by atoms with E-state index in [4.69, 9.17) is 9.47 Å². The van der Waals surface area contributed by atoms with Crippen LogP contribution in [0.1, 0.15) is 123 Å². The van der Waals surface area contributed by atoms with Crippen molar-refractivity contribution >= 4 is 57.5 Å². The van der Waals surface area contributed by atoms with Gasteiger partial charge in [-0.3, -0.25) is 24.0 Å². The standard InChI is InChI=1S/C49H67BrN6O9/c1-48(2,3)65-47(63)55-39-22-11-17-34(39)42(58)51-36-19-9-15-32(36)43(59)54-40(27-29-13-7-6-8-14-29)45(61)53-37-20-10-16-33(37)41(57)52-38-21-12-18-35(38)44(60)56-49(4,5)46(62)64-28-30-23-25-31(50)26-24-30/h6-8,13-14,23-26,32-40H,9-12,15-22,27-28H2,1-5H3,(H,51,58)(H,52,57)(H,53,61)(H,54,59)(H,55,63)(H,56,60)/t32-,33-,34-,35-,36-,37-,38-,39-,40-/m0/s1. The summed E-state index contributed by atoms with van der Waals surface area (Å²) >= 11 is 3.39. The van der Waals surface area contributed by atoms with Gasteiger partial charge in [-0.15, -0.1) is 0 Å². The lowest BCUT2D eigenvalue weighted by atomic mass is 9.96. The fourth-order valence-corrected chi connectivity index (χ4v) is 10.1. The van der Waals surface area contributed by atoms with Crippen molar-refractivity contribution in [1.29, 1.82) is 0 Å². The first-order valence-electron chi connectivity index (χ1n) is 23.4. The Hall–Kier alpha value is -4.99. The first-order chi connectivity index (χ1) is 30.9. The number of carbonyl (C=O) groups excluding carboxylic acids is 7. The van der Waals surface area contributed by atoms with Crippen LogP contribution in [0.4, 0.5) is 4.79 Å². The number of alkyl carbamates (subject to hydrolysis) is 1. The van der Waals surface area contributed by atoms with E-state index in [0.29, 0.717) is 57.8 Å². The van der Waals surface area contributed by atoms with Gasteiger partial charge in [0.2, 0.25) is 29.5 Å². The Labute approximate surface area is 390 Å². The van der Waals surface area contributed by atoms with Crippen LogP contribution in [0.3, 0.4) is 0 Å². The summed E-state index contributed by atoms with van der Waals surface area (Å²) < 4.78 is 11.9. The van der Waals surface area contributed by atoms with Crippen molar-refractivity contribution in [2.24, 2.45) is 23.7 Å². The molecular weight excluding hydrogens is 896 g/mol. The predicted octanol–water partition coefficient (Wildman–Crippen LogP) is 5.66. The van der Waals surface area contributed by atoms with E-state index in [0.717, 1.165) is 34.9 Å². The van der Waals surface area contributed by atoms with Crippen molar-refractivity contribution in [3.63, 3.8) is 0 Å². The maximum absolute atomic E-state index is 14.2. The number of esters is 1. The lowest BCUT2D eigenvalue weighted by molar-refractivity contribution is -0.154. The van der Waals surface area contributed by atoms with Gasteiger partial charge in [-0.2, -0.15) is 0 Å².